The van der Waals surface area contributed by atoms with Gasteiger partial charge in [0.15, 0.2) is 5.13 Å². The van der Waals surface area contributed by atoms with Crippen molar-refractivity contribution in [1.82, 2.24) is 9.88 Å². The number of halogens is 1. The van der Waals surface area contributed by atoms with Gasteiger partial charge in [0.05, 0.1) is 18.2 Å². The third-order valence-electron chi connectivity index (χ3n) is 5.36. The largest absolute Gasteiger partial charge is 0.494 e. The number of benzene rings is 2. The van der Waals surface area contributed by atoms with Gasteiger partial charge in [-0.3, -0.25) is 9.69 Å². The van der Waals surface area contributed by atoms with E-state index in [1.54, 1.807) is 18.4 Å². The van der Waals surface area contributed by atoms with E-state index in [1.165, 1.54) is 11.1 Å². The Hall–Kier alpha value is -2.15. The minimum absolute atomic E-state index is 0. The smallest absolute Gasteiger partial charge is 0.233 e. The quantitative estimate of drug-likeness (QED) is 0.463. The fraction of sp³-hybridized carbons (Fsp3) is 0.417. The number of carbonyl (C=O) groups is 1. The molecule has 0 saturated heterocycles. The molecule has 0 unspecified atom stereocenters. The molecule has 31 heavy (non-hydrogen) atoms. The number of hydrogen-bond acceptors (Lipinski definition) is 5. The van der Waals surface area contributed by atoms with Crippen molar-refractivity contribution < 1.29 is 9.53 Å². The number of rotatable bonds is 8. The van der Waals surface area contributed by atoms with E-state index in [9.17, 15) is 4.79 Å². The molecule has 168 valence electrons. The van der Waals surface area contributed by atoms with E-state index < -0.39 is 0 Å². The second-order valence-corrected chi connectivity index (χ2v) is 9.03. The number of carbonyl (C=O) groups excluding carboxylic acids is 1. The second kappa shape index (κ2) is 10.9. The summed E-state index contributed by atoms with van der Waals surface area (Å²) in [6.45, 7) is 7.80. The summed E-state index contributed by atoms with van der Waals surface area (Å²) in [4.78, 5) is 22.2. The van der Waals surface area contributed by atoms with Crippen LogP contribution in [0.4, 0.5) is 5.13 Å². The maximum Gasteiger partial charge on any atom is 0.233 e. The van der Waals surface area contributed by atoms with Gasteiger partial charge in [0.25, 0.3) is 0 Å². The molecule has 0 N–H and O–H groups in total. The van der Waals surface area contributed by atoms with Gasteiger partial charge in [-0.2, -0.15) is 0 Å². The molecule has 5 nitrogen and oxygen atoms in total. The van der Waals surface area contributed by atoms with Crippen LogP contribution in [-0.2, 0) is 11.2 Å². The molecule has 0 spiro atoms. The molecule has 0 aliphatic carbocycles. The molecule has 0 saturated carbocycles. The molecule has 1 amide bonds. The van der Waals surface area contributed by atoms with Crippen molar-refractivity contribution in [1.29, 1.82) is 0 Å². The first kappa shape index (κ1) is 25.1. The fourth-order valence-corrected chi connectivity index (χ4v) is 4.53. The first-order valence-corrected chi connectivity index (χ1v) is 11.1. The number of aromatic nitrogens is 1. The third kappa shape index (κ3) is 5.97. The first-order chi connectivity index (χ1) is 14.3. The summed E-state index contributed by atoms with van der Waals surface area (Å²) in [5.74, 6) is 0.820. The Morgan fingerprint density at radius 3 is 2.39 bits per heavy atom. The Bertz CT molecular complexity index is 1050. The first-order valence-electron chi connectivity index (χ1n) is 10.3. The van der Waals surface area contributed by atoms with Gasteiger partial charge in [-0.15, -0.1) is 12.4 Å². The van der Waals surface area contributed by atoms with Gasteiger partial charge in [-0.1, -0.05) is 35.6 Å². The Morgan fingerprint density at radius 2 is 1.74 bits per heavy atom. The minimum atomic E-state index is 0. The van der Waals surface area contributed by atoms with Crippen LogP contribution in [0.3, 0.4) is 0 Å². The topological polar surface area (TPSA) is 45.7 Å². The highest BCUT2D eigenvalue weighted by atomic mass is 35.5. The lowest BCUT2D eigenvalue weighted by Crippen LogP contribution is -2.34. The molecule has 1 heterocycles. The normalized spacial score (nSPS) is 10.9. The number of fused-ring (bicyclic) bond motifs is 1. The van der Waals surface area contributed by atoms with Crippen molar-refractivity contribution in [3.05, 3.63) is 52.6 Å². The SMILES string of the molecule is COc1ccc(C)c2sc(N(CCCN(C)C)C(=O)Cc3ccc(C)c(C)c3)nc12.Cl. The van der Waals surface area contributed by atoms with Crippen LogP contribution in [0.5, 0.6) is 5.75 Å². The molecule has 0 radical (unpaired) electrons. The summed E-state index contributed by atoms with van der Waals surface area (Å²) < 4.78 is 6.57. The third-order valence-corrected chi connectivity index (χ3v) is 6.57. The zero-order chi connectivity index (χ0) is 21.8. The number of thiazole rings is 1. The van der Waals surface area contributed by atoms with E-state index in [-0.39, 0.29) is 18.3 Å². The van der Waals surface area contributed by atoms with E-state index >= 15 is 0 Å². The van der Waals surface area contributed by atoms with Gasteiger partial charge in [0.2, 0.25) is 5.91 Å². The summed E-state index contributed by atoms with van der Waals surface area (Å²) in [7, 11) is 5.75. The van der Waals surface area contributed by atoms with Gasteiger partial charge >= 0.3 is 0 Å². The Morgan fingerprint density at radius 1 is 1.03 bits per heavy atom. The lowest BCUT2D eigenvalue weighted by molar-refractivity contribution is -0.118. The fourth-order valence-electron chi connectivity index (χ4n) is 3.43. The highest BCUT2D eigenvalue weighted by molar-refractivity contribution is 7.22. The Labute approximate surface area is 195 Å². The number of methoxy groups -OCH3 is 1. The number of anilines is 1. The summed E-state index contributed by atoms with van der Waals surface area (Å²) >= 11 is 1.57. The van der Waals surface area contributed by atoms with E-state index in [1.807, 2.05) is 37.2 Å². The van der Waals surface area contributed by atoms with E-state index in [4.69, 9.17) is 9.72 Å². The minimum Gasteiger partial charge on any atom is -0.494 e. The maximum absolute atomic E-state index is 13.3. The maximum atomic E-state index is 13.3. The average molecular weight is 462 g/mol. The molecular weight excluding hydrogens is 430 g/mol. The van der Waals surface area contributed by atoms with Crippen LogP contribution in [0.15, 0.2) is 30.3 Å². The summed E-state index contributed by atoms with van der Waals surface area (Å²) in [6.07, 6.45) is 1.26. The predicted octanol–water partition coefficient (Wildman–Crippen LogP) is 5.18. The van der Waals surface area contributed by atoms with Crippen molar-refractivity contribution in [3.8, 4) is 5.75 Å². The van der Waals surface area contributed by atoms with Crippen LogP contribution >= 0.6 is 23.7 Å². The second-order valence-electron chi connectivity index (χ2n) is 8.06. The lowest BCUT2D eigenvalue weighted by atomic mass is 10.0. The van der Waals surface area contributed by atoms with Crippen LogP contribution in [0, 0.1) is 20.8 Å². The molecule has 0 fully saturated rings. The monoisotopic (exact) mass is 461 g/mol. The van der Waals surface area contributed by atoms with Crippen molar-refractivity contribution in [2.45, 2.75) is 33.6 Å². The standard InChI is InChI=1S/C24H31N3O2S.ClH/c1-16-8-10-19(14-18(16)3)15-21(28)27(13-7-12-26(4)5)24-25-22-20(29-6)11-9-17(2)23(22)30-24;/h8-11,14H,7,12-13,15H2,1-6H3;1H. The Balaban J connectivity index is 0.00000341. The highest BCUT2D eigenvalue weighted by Crippen LogP contribution is 2.36. The van der Waals surface area contributed by atoms with Crippen molar-refractivity contribution >= 4 is 45.0 Å². The molecule has 0 aliphatic heterocycles. The highest BCUT2D eigenvalue weighted by Gasteiger charge is 2.22. The zero-order valence-electron chi connectivity index (χ0n) is 19.2. The Kier molecular flexibility index (Phi) is 8.86. The van der Waals surface area contributed by atoms with E-state index in [0.29, 0.717) is 13.0 Å². The molecule has 0 atom stereocenters. The lowest BCUT2D eigenvalue weighted by Gasteiger charge is -2.21. The molecule has 0 bridgehead atoms. The summed E-state index contributed by atoms with van der Waals surface area (Å²) in [5, 5.41) is 0.741. The number of ether oxygens (including phenoxy) is 1. The van der Waals surface area contributed by atoms with Crippen molar-refractivity contribution in [3.63, 3.8) is 0 Å². The molecule has 1 aromatic heterocycles. The number of nitrogens with zero attached hydrogens (tertiary/aromatic N) is 3. The van der Waals surface area contributed by atoms with Crippen LogP contribution < -0.4 is 9.64 Å². The van der Waals surface area contributed by atoms with Crippen LogP contribution in [0.1, 0.15) is 28.7 Å². The van der Waals surface area contributed by atoms with Gasteiger partial charge in [0.1, 0.15) is 11.3 Å². The van der Waals surface area contributed by atoms with Gasteiger partial charge in [-0.25, -0.2) is 4.98 Å². The van der Waals surface area contributed by atoms with E-state index in [0.717, 1.165) is 45.2 Å². The summed E-state index contributed by atoms with van der Waals surface area (Å²) in [6, 6.07) is 10.2. The van der Waals surface area contributed by atoms with Gasteiger partial charge in [-0.05, 0) is 76.2 Å². The summed E-state index contributed by atoms with van der Waals surface area (Å²) in [5.41, 5.74) is 5.46. The van der Waals surface area contributed by atoms with Crippen molar-refractivity contribution in [2.24, 2.45) is 0 Å². The predicted molar refractivity (Wildman–Crippen MR) is 133 cm³/mol. The number of aryl methyl sites for hydroxylation is 3. The average Bonchev–Trinajstić information content (AvgIpc) is 3.14. The molecule has 7 heteroatoms. The van der Waals surface area contributed by atoms with Crippen LogP contribution in [0.2, 0.25) is 0 Å². The molecule has 3 aromatic rings. The number of hydrogen-bond donors (Lipinski definition) is 0. The number of amides is 1. The van der Waals surface area contributed by atoms with Crippen molar-refractivity contribution in [2.75, 3.05) is 39.2 Å². The van der Waals surface area contributed by atoms with Gasteiger partial charge in [0, 0.05) is 6.54 Å². The van der Waals surface area contributed by atoms with Crippen LogP contribution in [0.25, 0.3) is 10.2 Å². The van der Waals surface area contributed by atoms with E-state index in [2.05, 4.69) is 37.8 Å². The van der Waals surface area contributed by atoms with Gasteiger partial charge < -0.3 is 9.64 Å². The molecule has 0 aliphatic rings. The molecule has 2 aromatic carbocycles. The van der Waals surface area contributed by atoms with Crippen LogP contribution in [-0.4, -0.2) is 50.1 Å². The zero-order valence-corrected chi connectivity index (χ0v) is 20.8. The molecule has 3 rings (SSSR count). The molecular formula is C24H32ClN3O2S.